The van der Waals surface area contributed by atoms with Crippen LogP contribution < -0.4 is 0 Å². The Balaban J connectivity index is 0.000000500. The predicted molar refractivity (Wildman–Crippen MR) is 45.0 cm³/mol. The molecule has 2 aliphatic rings. The maximum atomic E-state index is 2.29. The van der Waals surface area contributed by atoms with Crippen LogP contribution in [0.5, 0.6) is 0 Å². The van der Waals surface area contributed by atoms with E-state index in [1.54, 1.807) is 5.57 Å². The number of fused-ring (bicyclic) bond motifs is 2. The standard InChI is InChI=1S/C9H14.Si/c1-2-8-5-7-3-4-9(8)6-7;/h7H,2-6H2,1H3;. The number of hydrogen-bond acceptors (Lipinski definition) is 0. The first-order valence-electron chi connectivity index (χ1n) is 4.10. The molecule has 54 valence electrons. The molecule has 0 nitrogen and oxygen atoms in total. The van der Waals surface area contributed by atoms with Crippen molar-refractivity contribution in [2.45, 2.75) is 39.0 Å². The van der Waals surface area contributed by atoms with Gasteiger partial charge in [0.1, 0.15) is 0 Å². The van der Waals surface area contributed by atoms with E-state index >= 15 is 0 Å². The van der Waals surface area contributed by atoms with Crippen molar-refractivity contribution in [2.24, 2.45) is 5.92 Å². The Morgan fingerprint density at radius 1 is 1.40 bits per heavy atom. The molecule has 0 aromatic rings. The van der Waals surface area contributed by atoms with Gasteiger partial charge in [0, 0.05) is 11.0 Å². The molecule has 1 saturated carbocycles. The van der Waals surface area contributed by atoms with Crippen molar-refractivity contribution in [2.75, 3.05) is 0 Å². The molecular formula is C9H14Si. The van der Waals surface area contributed by atoms with Crippen molar-refractivity contribution in [1.82, 2.24) is 0 Å². The van der Waals surface area contributed by atoms with E-state index in [2.05, 4.69) is 6.92 Å². The highest BCUT2D eigenvalue weighted by atomic mass is 28.1. The molecule has 2 rings (SSSR count). The molecule has 0 heterocycles. The number of hydrogen-bond donors (Lipinski definition) is 0. The number of allylic oxidation sites excluding steroid dienone is 2. The highest BCUT2D eigenvalue weighted by molar-refractivity contribution is 5.75. The SMILES string of the molecule is CCC1=C2CCC(C1)C2.[Si]. The molecule has 0 N–H and O–H groups in total. The van der Waals surface area contributed by atoms with Gasteiger partial charge in [-0.05, 0) is 38.0 Å². The summed E-state index contributed by atoms with van der Waals surface area (Å²) in [6.07, 6.45) is 7.17. The van der Waals surface area contributed by atoms with E-state index in [0.29, 0.717) is 0 Å². The Morgan fingerprint density at radius 3 is 2.50 bits per heavy atom. The third-order valence-corrected chi connectivity index (χ3v) is 2.85. The van der Waals surface area contributed by atoms with E-state index in [1.807, 2.05) is 5.57 Å². The molecule has 2 bridgehead atoms. The summed E-state index contributed by atoms with van der Waals surface area (Å²) in [6, 6.07) is 0. The van der Waals surface area contributed by atoms with Gasteiger partial charge in [-0.25, -0.2) is 0 Å². The minimum absolute atomic E-state index is 0. The average Bonchev–Trinajstić information content (AvgIpc) is 2.45. The summed E-state index contributed by atoms with van der Waals surface area (Å²) in [7, 11) is 0. The fraction of sp³-hybridized carbons (Fsp3) is 0.778. The summed E-state index contributed by atoms with van der Waals surface area (Å²) in [5.41, 5.74) is 3.62. The van der Waals surface area contributed by atoms with Crippen molar-refractivity contribution in [3.8, 4) is 0 Å². The van der Waals surface area contributed by atoms with Gasteiger partial charge < -0.3 is 0 Å². The molecule has 0 amide bonds. The van der Waals surface area contributed by atoms with Crippen molar-refractivity contribution in [1.29, 1.82) is 0 Å². The van der Waals surface area contributed by atoms with Gasteiger partial charge in [-0.2, -0.15) is 0 Å². The van der Waals surface area contributed by atoms with Crippen LogP contribution in [0.25, 0.3) is 0 Å². The van der Waals surface area contributed by atoms with Gasteiger partial charge in [-0.3, -0.25) is 0 Å². The molecule has 10 heavy (non-hydrogen) atoms. The third kappa shape index (κ3) is 1.07. The predicted octanol–water partition coefficient (Wildman–Crippen LogP) is 2.52. The molecular weight excluding hydrogens is 136 g/mol. The van der Waals surface area contributed by atoms with E-state index in [4.69, 9.17) is 0 Å². The topological polar surface area (TPSA) is 0 Å². The smallest absolute Gasteiger partial charge is 0 e. The Bertz CT molecular complexity index is 158. The van der Waals surface area contributed by atoms with Gasteiger partial charge in [0.25, 0.3) is 0 Å². The van der Waals surface area contributed by atoms with Crippen LogP contribution in [0.15, 0.2) is 11.1 Å². The minimum atomic E-state index is 0. The molecule has 0 spiro atoms. The van der Waals surface area contributed by atoms with Crippen molar-refractivity contribution < 1.29 is 0 Å². The maximum Gasteiger partial charge on any atom is 0 e. The van der Waals surface area contributed by atoms with Gasteiger partial charge in [0.05, 0.1) is 0 Å². The first-order valence-corrected chi connectivity index (χ1v) is 4.10. The second-order valence-corrected chi connectivity index (χ2v) is 3.37. The summed E-state index contributed by atoms with van der Waals surface area (Å²) >= 11 is 0. The van der Waals surface area contributed by atoms with Crippen LogP contribution in [0, 0.1) is 5.92 Å². The maximum absolute atomic E-state index is 2.29. The Hall–Kier alpha value is -0.0431. The number of rotatable bonds is 1. The first kappa shape index (κ1) is 8.06. The van der Waals surface area contributed by atoms with Crippen LogP contribution >= 0.6 is 0 Å². The van der Waals surface area contributed by atoms with Crippen LogP contribution in [0.3, 0.4) is 0 Å². The molecule has 1 atom stereocenters. The van der Waals surface area contributed by atoms with Crippen LogP contribution in [0.1, 0.15) is 39.0 Å². The van der Waals surface area contributed by atoms with E-state index in [1.165, 1.54) is 32.1 Å². The van der Waals surface area contributed by atoms with Gasteiger partial charge in [0.15, 0.2) is 0 Å². The van der Waals surface area contributed by atoms with Gasteiger partial charge in [-0.1, -0.05) is 18.1 Å². The second kappa shape index (κ2) is 2.91. The molecule has 0 aromatic carbocycles. The van der Waals surface area contributed by atoms with E-state index in [0.717, 1.165) is 5.92 Å². The van der Waals surface area contributed by atoms with E-state index in [9.17, 15) is 0 Å². The lowest BCUT2D eigenvalue weighted by molar-refractivity contribution is 0.557. The summed E-state index contributed by atoms with van der Waals surface area (Å²) in [5.74, 6) is 1.08. The summed E-state index contributed by atoms with van der Waals surface area (Å²) < 4.78 is 0. The van der Waals surface area contributed by atoms with Gasteiger partial charge >= 0.3 is 0 Å². The monoisotopic (exact) mass is 150 g/mol. The van der Waals surface area contributed by atoms with Crippen LogP contribution in [0.2, 0.25) is 0 Å². The zero-order chi connectivity index (χ0) is 6.27. The fourth-order valence-corrected chi connectivity index (χ4v) is 2.31. The molecule has 2 aliphatic carbocycles. The zero-order valence-electron chi connectivity index (χ0n) is 6.61. The normalized spacial score (nSPS) is 29.1. The van der Waals surface area contributed by atoms with Crippen LogP contribution in [-0.2, 0) is 0 Å². The molecule has 1 unspecified atom stereocenters. The van der Waals surface area contributed by atoms with Crippen LogP contribution in [0.4, 0.5) is 0 Å². The Morgan fingerprint density at radius 2 is 2.20 bits per heavy atom. The Kier molecular flexibility index (Phi) is 2.35. The zero-order valence-corrected chi connectivity index (χ0v) is 7.61. The van der Waals surface area contributed by atoms with Gasteiger partial charge in [-0.15, -0.1) is 0 Å². The van der Waals surface area contributed by atoms with Gasteiger partial charge in [0.2, 0.25) is 0 Å². The fourth-order valence-electron chi connectivity index (χ4n) is 2.31. The lowest BCUT2D eigenvalue weighted by Gasteiger charge is -2.08. The minimum Gasteiger partial charge on any atom is -0.0710 e. The molecule has 0 aromatic heterocycles. The van der Waals surface area contributed by atoms with Crippen molar-refractivity contribution >= 4 is 11.0 Å². The molecule has 4 radical (unpaired) electrons. The van der Waals surface area contributed by atoms with Crippen molar-refractivity contribution in [3.05, 3.63) is 11.1 Å². The lowest BCUT2D eigenvalue weighted by atomic mass is 9.98. The largest absolute Gasteiger partial charge is 0.0710 e. The summed E-state index contributed by atoms with van der Waals surface area (Å²) in [6.45, 7) is 2.29. The van der Waals surface area contributed by atoms with Crippen molar-refractivity contribution in [3.63, 3.8) is 0 Å². The molecule has 0 aliphatic heterocycles. The first-order chi connectivity index (χ1) is 4.40. The highest BCUT2D eigenvalue weighted by Crippen LogP contribution is 2.44. The lowest BCUT2D eigenvalue weighted by Crippen LogP contribution is -1.92. The summed E-state index contributed by atoms with van der Waals surface area (Å²) in [4.78, 5) is 0. The highest BCUT2D eigenvalue weighted by Gasteiger charge is 2.28. The summed E-state index contributed by atoms with van der Waals surface area (Å²) in [5, 5.41) is 0. The third-order valence-electron chi connectivity index (χ3n) is 2.85. The van der Waals surface area contributed by atoms with E-state index in [-0.39, 0.29) is 11.0 Å². The molecule has 0 saturated heterocycles. The molecule has 1 fully saturated rings. The molecule has 1 heteroatoms. The second-order valence-electron chi connectivity index (χ2n) is 3.37. The average molecular weight is 150 g/mol. The van der Waals surface area contributed by atoms with Crippen LogP contribution in [-0.4, -0.2) is 11.0 Å². The Labute approximate surface area is 67.7 Å². The quantitative estimate of drug-likeness (QED) is 0.398. The van der Waals surface area contributed by atoms with E-state index < -0.39 is 0 Å².